The average molecular weight is 400 g/mol. The minimum Gasteiger partial charge on any atom is -0.348 e. The molecule has 2 N–H and O–H groups in total. The number of pyridine rings is 1. The van der Waals surface area contributed by atoms with Gasteiger partial charge in [0.1, 0.15) is 0 Å². The van der Waals surface area contributed by atoms with Crippen LogP contribution in [0.25, 0.3) is 0 Å². The highest BCUT2D eigenvalue weighted by molar-refractivity contribution is 5.78. The Bertz CT molecular complexity index is 869. The van der Waals surface area contributed by atoms with Crippen LogP contribution in [0.5, 0.6) is 0 Å². The van der Waals surface area contributed by atoms with E-state index in [9.17, 15) is 4.79 Å². The molecule has 2 atom stereocenters. The highest BCUT2D eigenvalue weighted by atomic mass is 16.2. The Labute approximate surface area is 178 Å². The van der Waals surface area contributed by atoms with E-state index in [0.717, 1.165) is 11.3 Å². The Kier molecular flexibility index (Phi) is 6.88. The third-order valence-electron chi connectivity index (χ3n) is 5.93. The fourth-order valence-electron chi connectivity index (χ4n) is 4.43. The maximum atomic E-state index is 13.0. The zero-order valence-corrected chi connectivity index (χ0v) is 17.2. The molecular formula is C26H29N3O. The second-order valence-electron chi connectivity index (χ2n) is 7.98. The molecule has 1 heterocycles. The van der Waals surface area contributed by atoms with Gasteiger partial charge in [-0.25, -0.2) is 0 Å². The molecule has 2 unspecified atom stereocenters. The van der Waals surface area contributed by atoms with Crippen molar-refractivity contribution < 1.29 is 4.79 Å². The molecule has 1 aliphatic carbocycles. The molecule has 0 spiro atoms. The average Bonchev–Trinajstić information content (AvgIpc) is 3.34. The molecule has 3 aromatic rings. The summed E-state index contributed by atoms with van der Waals surface area (Å²) in [5.74, 6) is 0.532. The van der Waals surface area contributed by atoms with E-state index in [0.29, 0.717) is 5.92 Å². The van der Waals surface area contributed by atoms with Crippen LogP contribution in [0.2, 0.25) is 0 Å². The molecule has 1 amide bonds. The summed E-state index contributed by atoms with van der Waals surface area (Å²) in [6.45, 7) is 0.242. The summed E-state index contributed by atoms with van der Waals surface area (Å²) in [6.07, 6.45) is 6.63. The highest BCUT2D eigenvalue weighted by Crippen LogP contribution is 2.35. The van der Waals surface area contributed by atoms with Crippen molar-refractivity contribution >= 4 is 5.91 Å². The molecule has 1 aliphatic rings. The van der Waals surface area contributed by atoms with E-state index in [1.807, 2.05) is 54.6 Å². The van der Waals surface area contributed by atoms with Crippen molar-refractivity contribution in [2.45, 2.75) is 37.8 Å². The van der Waals surface area contributed by atoms with Gasteiger partial charge in [-0.2, -0.15) is 0 Å². The van der Waals surface area contributed by atoms with Crippen LogP contribution in [0.4, 0.5) is 0 Å². The van der Waals surface area contributed by atoms with Crippen LogP contribution in [0.1, 0.15) is 54.6 Å². The molecule has 0 radical (unpaired) electrons. The van der Waals surface area contributed by atoms with Crippen molar-refractivity contribution in [3.8, 4) is 0 Å². The lowest BCUT2D eigenvalue weighted by Crippen LogP contribution is -2.40. The van der Waals surface area contributed by atoms with Gasteiger partial charge in [0.2, 0.25) is 5.91 Å². The fourth-order valence-corrected chi connectivity index (χ4v) is 4.43. The third-order valence-corrected chi connectivity index (χ3v) is 5.93. The predicted octanol–water partition coefficient (Wildman–Crippen LogP) is 4.81. The molecule has 0 aliphatic heterocycles. The Hall–Kier alpha value is -2.98. The Morgan fingerprint density at radius 3 is 2.13 bits per heavy atom. The van der Waals surface area contributed by atoms with Crippen LogP contribution in [-0.2, 0) is 4.79 Å². The van der Waals surface area contributed by atoms with E-state index in [-0.39, 0.29) is 24.5 Å². The monoisotopic (exact) mass is 399 g/mol. The van der Waals surface area contributed by atoms with Crippen molar-refractivity contribution in [3.63, 3.8) is 0 Å². The standard InChI is InChI=1S/C26H29N3O/c30-24(29-25(21-15-7-8-16-21)20-11-3-1-4-12-20)19-28-26(22-13-5-2-6-14-22)23-17-9-10-18-27-23/h1-6,9-14,17-18,21,25-26,28H,7-8,15-16,19H2,(H,29,30). The molecule has 4 nitrogen and oxygen atoms in total. The molecule has 30 heavy (non-hydrogen) atoms. The van der Waals surface area contributed by atoms with Crippen LogP contribution >= 0.6 is 0 Å². The van der Waals surface area contributed by atoms with Gasteiger partial charge in [0.05, 0.1) is 24.3 Å². The largest absolute Gasteiger partial charge is 0.348 e. The zero-order chi connectivity index (χ0) is 20.6. The summed E-state index contributed by atoms with van der Waals surface area (Å²) in [7, 11) is 0. The van der Waals surface area contributed by atoms with E-state index in [2.05, 4.69) is 39.9 Å². The Morgan fingerprint density at radius 2 is 1.50 bits per heavy atom. The van der Waals surface area contributed by atoms with Crippen molar-refractivity contribution in [2.24, 2.45) is 5.92 Å². The maximum absolute atomic E-state index is 13.0. The maximum Gasteiger partial charge on any atom is 0.234 e. The predicted molar refractivity (Wildman–Crippen MR) is 120 cm³/mol. The van der Waals surface area contributed by atoms with Gasteiger partial charge in [0, 0.05) is 6.20 Å². The highest BCUT2D eigenvalue weighted by Gasteiger charge is 2.28. The molecule has 1 fully saturated rings. The Balaban J connectivity index is 1.46. The number of aromatic nitrogens is 1. The minimum absolute atomic E-state index is 0.0209. The third kappa shape index (κ3) is 5.14. The lowest BCUT2D eigenvalue weighted by Gasteiger charge is -2.26. The molecule has 4 rings (SSSR count). The molecule has 0 bridgehead atoms. The molecule has 154 valence electrons. The van der Waals surface area contributed by atoms with Crippen LogP contribution in [0, 0.1) is 5.92 Å². The van der Waals surface area contributed by atoms with E-state index in [1.54, 1.807) is 6.20 Å². The van der Waals surface area contributed by atoms with Gasteiger partial charge in [-0.15, -0.1) is 0 Å². The lowest BCUT2D eigenvalue weighted by atomic mass is 9.91. The fraction of sp³-hybridized carbons (Fsp3) is 0.308. The van der Waals surface area contributed by atoms with Crippen LogP contribution < -0.4 is 10.6 Å². The van der Waals surface area contributed by atoms with E-state index < -0.39 is 0 Å². The van der Waals surface area contributed by atoms with Gasteiger partial charge in [0.15, 0.2) is 0 Å². The van der Waals surface area contributed by atoms with E-state index in [4.69, 9.17) is 0 Å². The number of hydrogen-bond donors (Lipinski definition) is 2. The summed E-state index contributed by atoms with van der Waals surface area (Å²) >= 11 is 0. The molecular weight excluding hydrogens is 370 g/mol. The second-order valence-corrected chi connectivity index (χ2v) is 7.98. The van der Waals surface area contributed by atoms with Gasteiger partial charge in [-0.05, 0) is 42.0 Å². The molecule has 4 heteroatoms. The first kappa shape index (κ1) is 20.3. The summed E-state index contributed by atoms with van der Waals surface area (Å²) in [6, 6.07) is 26.4. The van der Waals surface area contributed by atoms with Gasteiger partial charge < -0.3 is 5.32 Å². The smallest absolute Gasteiger partial charge is 0.234 e. The van der Waals surface area contributed by atoms with Crippen LogP contribution in [-0.4, -0.2) is 17.4 Å². The first-order chi connectivity index (χ1) is 14.8. The van der Waals surface area contributed by atoms with E-state index >= 15 is 0 Å². The van der Waals surface area contributed by atoms with Crippen molar-refractivity contribution in [1.82, 2.24) is 15.6 Å². The van der Waals surface area contributed by atoms with Crippen molar-refractivity contribution in [3.05, 3.63) is 102 Å². The SMILES string of the molecule is O=C(CNC(c1ccccc1)c1ccccn1)NC(c1ccccc1)C1CCCC1. The minimum atomic E-state index is -0.125. The number of amides is 1. The number of rotatable bonds is 8. The topological polar surface area (TPSA) is 54.0 Å². The quantitative estimate of drug-likeness (QED) is 0.572. The molecule has 1 saturated carbocycles. The normalized spacial score (nSPS) is 16.1. The molecule has 0 saturated heterocycles. The number of hydrogen-bond acceptors (Lipinski definition) is 3. The summed E-state index contributed by atoms with van der Waals surface area (Å²) in [4.78, 5) is 17.5. The number of carbonyl (C=O) groups is 1. The number of benzene rings is 2. The van der Waals surface area contributed by atoms with Gasteiger partial charge >= 0.3 is 0 Å². The lowest BCUT2D eigenvalue weighted by molar-refractivity contribution is -0.121. The Morgan fingerprint density at radius 1 is 0.867 bits per heavy atom. The summed E-state index contributed by atoms with van der Waals surface area (Å²) in [5, 5.41) is 6.74. The first-order valence-corrected chi connectivity index (χ1v) is 10.8. The van der Waals surface area contributed by atoms with Gasteiger partial charge in [-0.3, -0.25) is 15.1 Å². The number of carbonyl (C=O) groups excluding carboxylic acids is 1. The number of nitrogens with zero attached hydrogens (tertiary/aromatic N) is 1. The van der Waals surface area contributed by atoms with Crippen molar-refractivity contribution in [1.29, 1.82) is 0 Å². The first-order valence-electron chi connectivity index (χ1n) is 10.8. The van der Waals surface area contributed by atoms with Gasteiger partial charge in [0.25, 0.3) is 0 Å². The summed E-state index contributed by atoms with van der Waals surface area (Å²) < 4.78 is 0. The van der Waals surface area contributed by atoms with Crippen molar-refractivity contribution in [2.75, 3.05) is 6.54 Å². The zero-order valence-electron chi connectivity index (χ0n) is 17.2. The summed E-state index contributed by atoms with van der Waals surface area (Å²) in [5.41, 5.74) is 3.20. The van der Waals surface area contributed by atoms with Crippen LogP contribution in [0.3, 0.4) is 0 Å². The molecule has 2 aromatic carbocycles. The second kappa shape index (κ2) is 10.2. The van der Waals surface area contributed by atoms with E-state index in [1.165, 1.54) is 31.2 Å². The molecule has 1 aromatic heterocycles. The number of nitrogens with one attached hydrogen (secondary N) is 2. The van der Waals surface area contributed by atoms with Gasteiger partial charge in [-0.1, -0.05) is 79.6 Å². The van der Waals surface area contributed by atoms with Crippen LogP contribution in [0.15, 0.2) is 85.1 Å².